The van der Waals surface area contributed by atoms with Gasteiger partial charge in [0.25, 0.3) is 0 Å². The van der Waals surface area contributed by atoms with Gasteiger partial charge in [0.15, 0.2) is 0 Å². The number of nitrogens with zero attached hydrogens (tertiary/aromatic N) is 1. The number of fused-ring (bicyclic) bond motifs is 10. The first kappa shape index (κ1) is 26.4. The molecule has 0 saturated carbocycles. The molecule has 2 heterocycles. The van der Waals surface area contributed by atoms with Crippen LogP contribution in [-0.4, -0.2) is 4.98 Å². The van der Waals surface area contributed by atoms with Crippen LogP contribution in [0.2, 0.25) is 0 Å². The smallest absolute Gasteiger partial charge is 0.0788 e. The lowest BCUT2D eigenvalue weighted by atomic mass is 9.92. The number of rotatable bonds is 3. The summed E-state index contributed by atoms with van der Waals surface area (Å²) in [6.07, 6.45) is 0. The minimum absolute atomic E-state index is 1.03. The van der Waals surface area contributed by atoms with E-state index in [9.17, 15) is 0 Å². The lowest BCUT2D eigenvalue weighted by Crippen LogP contribution is -1.89. The molecule has 0 amide bonds. The normalized spacial score (nSPS) is 11.8. The van der Waals surface area contributed by atoms with E-state index < -0.39 is 0 Å². The molecule has 0 spiro atoms. The maximum absolute atomic E-state index is 5.17. The zero-order valence-electron chi connectivity index (χ0n) is 25.4. The van der Waals surface area contributed by atoms with Gasteiger partial charge in [-0.15, -0.1) is 11.3 Å². The SMILES string of the molecule is c1ccc(-c2nc3ccccc3c3c2ccc2c4cccc(-c5ccc(-c6cc7ccccc7c7ccccc67)cc5)c4sc23)cc1. The van der Waals surface area contributed by atoms with Gasteiger partial charge in [-0.25, -0.2) is 4.98 Å². The molecule has 0 aliphatic heterocycles. The molecule has 0 N–H and O–H groups in total. The molecule has 10 rings (SSSR count). The number of para-hydroxylation sites is 1. The Morgan fingerprint density at radius 2 is 0.979 bits per heavy atom. The topological polar surface area (TPSA) is 12.9 Å². The molecular formula is C45H27NS. The summed E-state index contributed by atoms with van der Waals surface area (Å²) in [4.78, 5) is 5.17. The monoisotopic (exact) mass is 613 g/mol. The average molecular weight is 614 g/mol. The summed E-state index contributed by atoms with van der Waals surface area (Å²) in [6.45, 7) is 0. The molecule has 0 bridgehead atoms. The minimum Gasteiger partial charge on any atom is -0.247 e. The predicted molar refractivity (Wildman–Crippen MR) is 203 cm³/mol. The van der Waals surface area contributed by atoms with Gasteiger partial charge in [-0.05, 0) is 55.9 Å². The molecule has 0 atom stereocenters. The van der Waals surface area contributed by atoms with Crippen LogP contribution in [0.25, 0.3) is 96.9 Å². The van der Waals surface area contributed by atoms with E-state index in [1.165, 1.54) is 80.1 Å². The molecule has 2 aromatic heterocycles. The molecule has 47 heavy (non-hydrogen) atoms. The van der Waals surface area contributed by atoms with Crippen LogP contribution in [0.15, 0.2) is 164 Å². The highest BCUT2D eigenvalue weighted by Gasteiger charge is 2.18. The first-order valence-corrected chi connectivity index (χ1v) is 16.9. The van der Waals surface area contributed by atoms with Crippen molar-refractivity contribution in [3.05, 3.63) is 164 Å². The van der Waals surface area contributed by atoms with Gasteiger partial charge in [-0.2, -0.15) is 0 Å². The van der Waals surface area contributed by atoms with E-state index in [4.69, 9.17) is 4.98 Å². The van der Waals surface area contributed by atoms with E-state index in [1.807, 2.05) is 11.3 Å². The van der Waals surface area contributed by atoms with Crippen LogP contribution in [0.3, 0.4) is 0 Å². The van der Waals surface area contributed by atoms with Gasteiger partial charge in [-0.1, -0.05) is 152 Å². The third-order valence-corrected chi connectivity index (χ3v) is 10.9. The fraction of sp³-hybridized carbons (Fsp3) is 0. The summed E-state index contributed by atoms with van der Waals surface area (Å²) < 4.78 is 2.64. The highest BCUT2D eigenvalue weighted by Crippen LogP contribution is 2.46. The second-order valence-corrected chi connectivity index (χ2v) is 13.3. The molecule has 10 aromatic rings. The maximum Gasteiger partial charge on any atom is 0.0788 e. The molecular weight excluding hydrogens is 587 g/mol. The number of thiophene rings is 1. The zero-order chi connectivity index (χ0) is 30.9. The summed E-state index contributed by atoms with van der Waals surface area (Å²) in [7, 11) is 0. The molecule has 0 aliphatic carbocycles. The van der Waals surface area contributed by atoms with Gasteiger partial charge in [0, 0.05) is 41.9 Å². The van der Waals surface area contributed by atoms with E-state index >= 15 is 0 Å². The van der Waals surface area contributed by atoms with Crippen molar-refractivity contribution in [2.45, 2.75) is 0 Å². The van der Waals surface area contributed by atoms with Crippen molar-refractivity contribution in [1.82, 2.24) is 4.98 Å². The van der Waals surface area contributed by atoms with Gasteiger partial charge >= 0.3 is 0 Å². The van der Waals surface area contributed by atoms with E-state index in [0.717, 1.165) is 16.8 Å². The van der Waals surface area contributed by atoms with Crippen LogP contribution in [0.4, 0.5) is 0 Å². The quantitative estimate of drug-likeness (QED) is 0.181. The molecule has 218 valence electrons. The second-order valence-electron chi connectivity index (χ2n) is 12.3. The Kier molecular flexibility index (Phi) is 5.81. The van der Waals surface area contributed by atoms with Crippen LogP contribution in [0.5, 0.6) is 0 Å². The predicted octanol–water partition coefficient (Wildman–Crippen LogP) is 13.1. The molecule has 1 nitrogen and oxygen atoms in total. The van der Waals surface area contributed by atoms with Crippen LogP contribution >= 0.6 is 11.3 Å². The van der Waals surface area contributed by atoms with Crippen molar-refractivity contribution in [1.29, 1.82) is 0 Å². The van der Waals surface area contributed by atoms with Gasteiger partial charge in [0.05, 0.1) is 11.2 Å². The minimum atomic E-state index is 1.03. The fourth-order valence-electron chi connectivity index (χ4n) is 7.46. The Labute approximate surface area is 276 Å². The first-order valence-electron chi connectivity index (χ1n) is 16.1. The van der Waals surface area contributed by atoms with Crippen molar-refractivity contribution in [3.8, 4) is 33.5 Å². The van der Waals surface area contributed by atoms with Crippen molar-refractivity contribution >= 4 is 74.7 Å². The highest BCUT2D eigenvalue weighted by atomic mass is 32.1. The van der Waals surface area contributed by atoms with Crippen molar-refractivity contribution in [2.75, 3.05) is 0 Å². The third-order valence-electron chi connectivity index (χ3n) is 9.65. The number of hydrogen-bond acceptors (Lipinski definition) is 2. The Morgan fingerprint density at radius 3 is 1.81 bits per heavy atom. The van der Waals surface area contributed by atoms with E-state index in [1.54, 1.807) is 0 Å². The molecule has 2 heteroatoms. The number of pyridine rings is 1. The lowest BCUT2D eigenvalue weighted by molar-refractivity contribution is 1.43. The molecule has 0 radical (unpaired) electrons. The van der Waals surface area contributed by atoms with E-state index in [0.29, 0.717) is 0 Å². The standard InChI is InChI=1S/C45H27NS/c1-2-11-30(12-3-1)43-39-26-25-37-36-19-10-18-33(44(36)47-45(37)42(39)38-17-8-9-20-41(38)46-43)28-21-23-29(24-22-28)40-27-31-13-4-5-14-32(31)34-15-6-7-16-35(34)40/h1-27H. The van der Waals surface area contributed by atoms with Crippen LogP contribution in [0, 0.1) is 0 Å². The Balaban J connectivity index is 1.17. The highest BCUT2D eigenvalue weighted by molar-refractivity contribution is 7.27. The number of hydrogen-bond donors (Lipinski definition) is 0. The Bertz CT molecular complexity index is 2830. The van der Waals surface area contributed by atoms with E-state index in [-0.39, 0.29) is 0 Å². The fourth-order valence-corrected chi connectivity index (χ4v) is 8.85. The summed E-state index contributed by atoms with van der Waals surface area (Å²) in [5, 5.41) is 11.4. The molecule has 0 fully saturated rings. The van der Waals surface area contributed by atoms with Crippen molar-refractivity contribution < 1.29 is 0 Å². The van der Waals surface area contributed by atoms with Crippen LogP contribution in [-0.2, 0) is 0 Å². The van der Waals surface area contributed by atoms with Crippen molar-refractivity contribution in [2.24, 2.45) is 0 Å². The van der Waals surface area contributed by atoms with Gasteiger partial charge < -0.3 is 0 Å². The molecule has 8 aromatic carbocycles. The van der Waals surface area contributed by atoms with Crippen molar-refractivity contribution in [3.63, 3.8) is 0 Å². The Hall–Kier alpha value is -5.83. The Morgan fingerprint density at radius 1 is 0.362 bits per heavy atom. The maximum atomic E-state index is 5.17. The number of benzene rings is 8. The first-order chi connectivity index (χ1) is 23.3. The lowest BCUT2D eigenvalue weighted by Gasteiger charge is -2.12. The largest absolute Gasteiger partial charge is 0.247 e. The average Bonchev–Trinajstić information content (AvgIpc) is 3.54. The second kappa shape index (κ2) is 10.3. The van der Waals surface area contributed by atoms with Gasteiger partial charge in [0.2, 0.25) is 0 Å². The summed E-state index contributed by atoms with van der Waals surface area (Å²) in [6, 6.07) is 59.5. The van der Waals surface area contributed by atoms with E-state index in [2.05, 4.69) is 164 Å². The summed E-state index contributed by atoms with van der Waals surface area (Å²) >= 11 is 1.91. The zero-order valence-corrected chi connectivity index (χ0v) is 26.3. The number of aromatic nitrogens is 1. The summed E-state index contributed by atoms with van der Waals surface area (Å²) in [5.41, 5.74) is 8.22. The third kappa shape index (κ3) is 4.05. The molecule has 0 saturated heterocycles. The van der Waals surface area contributed by atoms with Crippen LogP contribution in [0.1, 0.15) is 0 Å². The van der Waals surface area contributed by atoms with Gasteiger partial charge in [0.1, 0.15) is 0 Å². The molecule has 0 unspecified atom stereocenters. The van der Waals surface area contributed by atoms with Crippen LogP contribution < -0.4 is 0 Å². The summed E-state index contributed by atoms with van der Waals surface area (Å²) in [5.74, 6) is 0. The van der Waals surface area contributed by atoms with Gasteiger partial charge in [-0.3, -0.25) is 0 Å². The molecule has 0 aliphatic rings.